The molecule has 31 heavy (non-hydrogen) atoms. The highest BCUT2D eigenvalue weighted by atomic mass is 35.5. The molecule has 0 radical (unpaired) electrons. The van der Waals surface area contributed by atoms with Gasteiger partial charge in [-0.2, -0.15) is 0 Å². The van der Waals surface area contributed by atoms with Crippen molar-refractivity contribution in [2.75, 3.05) is 39.1 Å². The second-order valence-electron chi connectivity index (χ2n) is 7.21. The number of halogens is 1. The van der Waals surface area contributed by atoms with Gasteiger partial charge in [-0.15, -0.1) is 11.6 Å². The number of hydrogen-bond acceptors (Lipinski definition) is 6. The van der Waals surface area contributed by atoms with Gasteiger partial charge in [0.1, 0.15) is 0 Å². The van der Waals surface area contributed by atoms with E-state index >= 15 is 0 Å². The number of ether oxygens (including phenoxy) is 3. The second-order valence-corrected chi connectivity index (χ2v) is 7.59. The fraction of sp³-hybridized carbons (Fsp3) is 0.391. The van der Waals surface area contributed by atoms with E-state index in [0.29, 0.717) is 48.2 Å². The number of rotatable bonds is 7. The molecule has 0 saturated carbocycles. The van der Waals surface area contributed by atoms with Gasteiger partial charge in [-0.1, -0.05) is 6.07 Å². The van der Waals surface area contributed by atoms with E-state index in [4.69, 9.17) is 25.8 Å². The standard InChI is InChI=1S/C23H27ClN2O5/c1-13(27)26-17-7-5-14-11-20(29-2)22(30-3)23(31-4)21(14)15-6-8-18(25-10-9-24)19(28)12-16(15)17/h6,8,11-12,17H,5,7,9-10H2,1-4H3,(H,25,28)(H,26,27). The lowest BCUT2D eigenvalue weighted by Gasteiger charge is -2.19. The van der Waals surface area contributed by atoms with Gasteiger partial charge in [0.15, 0.2) is 11.5 Å². The van der Waals surface area contributed by atoms with Gasteiger partial charge in [0, 0.05) is 24.9 Å². The van der Waals surface area contributed by atoms with Crippen LogP contribution < -0.4 is 30.3 Å². The molecule has 1 atom stereocenters. The van der Waals surface area contributed by atoms with Gasteiger partial charge in [0.2, 0.25) is 17.1 Å². The summed E-state index contributed by atoms with van der Waals surface area (Å²) in [4.78, 5) is 24.9. The van der Waals surface area contributed by atoms with Crippen molar-refractivity contribution in [3.63, 3.8) is 0 Å². The number of hydrogen-bond donors (Lipinski definition) is 2. The van der Waals surface area contributed by atoms with Gasteiger partial charge in [-0.05, 0) is 47.7 Å². The van der Waals surface area contributed by atoms with E-state index in [1.165, 1.54) is 6.92 Å². The number of nitrogens with one attached hydrogen (secondary N) is 2. The van der Waals surface area contributed by atoms with Crippen LogP contribution >= 0.6 is 11.6 Å². The molecular weight excluding hydrogens is 420 g/mol. The zero-order valence-electron chi connectivity index (χ0n) is 18.1. The summed E-state index contributed by atoms with van der Waals surface area (Å²) >= 11 is 5.78. The van der Waals surface area contributed by atoms with Crippen molar-refractivity contribution < 1.29 is 19.0 Å². The molecule has 3 rings (SSSR count). The molecule has 1 aliphatic carbocycles. The molecule has 1 aliphatic rings. The Kier molecular flexibility index (Phi) is 7.28. The van der Waals surface area contributed by atoms with Crippen LogP contribution in [0, 0.1) is 0 Å². The normalized spacial score (nSPS) is 14.5. The van der Waals surface area contributed by atoms with Crippen molar-refractivity contribution >= 4 is 23.2 Å². The maximum absolute atomic E-state index is 12.9. The molecule has 0 aromatic heterocycles. The molecule has 0 bridgehead atoms. The molecule has 2 N–H and O–H groups in total. The average Bonchev–Trinajstić information content (AvgIpc) is 2.99. The average molecular weight is 447 g/mol. The number of carbonyl (C=O) groups is 1. The molecule has 0 aliphatic heterocycles. The minimum Gasteiger partial charge on any atom is -0.493 e. The molecule has 2 aromatic carbocycles. The van der Waals surface area contributed by atoms with E-state index in [1.54, 1.807) is 33.5 Å². The van der Waals surface area contributed by atoms with Gasteiger partial charge < -0.3 is 24.8 Å². The summed E-state index contributed by atoms with van der Waals surface area (Å²) < 4.78 is 16.9. The maximum atomic E-state index is 12.9. The lowest BCUT2D eigenvalue weighted by Crippen LogP contribution is -2.26. The van der Waals surface area contributed by atoms with E-state index in [9.17, 15) is 9.59 Å². The lowest BCUT2D eigenvalue weighted by atomic mass is 9.95. The smallest absolute Gasteiger partial charge is 0.217 e. The number of benzene rings is 1. The predicted octanol–water partition coefficient (Wildman–Crippen LogP) is 3.51. The van der Waals surface area contributed by atoms with Crippen LogP contribution in [-0.4, -0.2) is 39.7 Å². The number of fused-ring (bicyclic) bond motifs is 3. The third-order valence-electron chi connectivity index (χ3n) is 5.33. The number of alkyl halides is 1. The Labute approximate surface area is 186 Å². The van der Waals surface area contributed by atoms with E-state index in [1.807, 2.05) is 12.1 Å². The fourth-order valence-electron chi connectivity index (χ4n) is 4.04. The number of aryl methyl sites for hydroxylation is 1. The fourth-order valence-corrected chi connectivity index (χ4v) is 4.13. The van der Waals surface area contributed by atoms with Gasteiger partial charge in [-0.3, -0.25) is 9.59 Å². The predicted molar refractivity (Wildman–Crippen MR) is 122 cm³/mol. The zero-order chi connectivity index (χ0) is 22.5. The Morgan fingerprint density at radius 1 is 1.13 bits per heavy atom. The quantitative estimate of drug-likeness (QED) is 0.633. The Hall–Kier alpha value is -2.93. The van der Waals surface area contributed by atoms with Gasteiger partial charge in [0.05, 0.1) is 33.1 Å². The minimum atomic E-state index is -0.331. The Balaban J connectivity index is 2.36. The number of methoxy groups -OCH3 is 3. The molecule has 1 unspecified atom stereocenters. The zero-order valence-corrected chi connectivity index (χ0v) is 18.9. The third kappa shape index (κ3) is 4.56. The van der Waals surface area contributed by atoms with Crippen LogP contribution in [-0.2, 0) is 11.2 Å². The maximum Gasteiger partial charge on any atom is 0.217 e. The van der Waals surface area contributed by atoms with Crippen LogP contribution in [0.5, 0.6) is 17.2 Å². The minimum absolute atomic E-state index is 0.163. The van der Waals surface area contributed by atoms with Crippen LogP contribution in [0.25, 0.3) is 11.1 Å². The first-order chi connectivity index (χ1) is 14.9. The monoisotopic (exact) mass is 446 g/mol. The van der Waals surface area contributed by atoms with Crippen molar-refractivity contribution in [1.82, 2.24) is 5.32 Å². The first-order valence-corrected chi connectivity index (χ1v) is 10.6. The SMILES string of the molecule is COc1cc2c(c(OC)c1OC)-c1ccc(NCCCl)c(=O)cc1C(NC(C)=O)CC2. The highest BCUT2D eigenvalue weighted by Crippen LogP contribution is 2.50. The van der Waals surface area contributed by atoms with Crippen LogP contribution in [0.15, 0.2) is 29.1 Å². The largest absolute Gasteiger partial charge is 0.493 e. The molecule has 0 spiro atoms. The van der Waals surface area contributed by atoms with E-state index in [2.05, 4.69) is 10.6 Å². The lowest BCUT2D eigenvalue weighted by molar-refractivity contribution is -0.119. The van der Waals surface area contributed by atoms with Crippen LogP contribution in [0.4, 0.5) is 5.69 Å². The first-order valence-electron chi connectivity index (χ1n) is 10.0. The van der Waals surface area contributed by atoms with Gasteiger partial charge in [-0.25, -0.2) is 0 Å². The van der Waals surface area contributed by atoms with Gasteiger partial charge in [0.25, 0.3) is 0 Å². The van der Waals surface area contributed by atoms with E-state index in [-0.39, 0.29) is 17.4 Å². The Morgan fingerprint density at radius 3 is 2.48 bits per heavy atom. The van der Waals surface area contributed by atoms with E-state index < -0.39 is 0 Å². The summed E-state index contributed by atoms with van der Waals surface area (Å²) in [5.41, 5.74) is 3.59. The molecule has 0 saturated heterocycles. The van der Waals surface area contributed by atoms with Gasteiger partial charge >= 0.3 is 0 Å². The number of anilines is 1. The molecule has 0 heterocycles. The van der Waals surface area contributed by atoms with Crippen molar-refractivity contribution in [3.05, 3.63) is 45.6 Å². The van der Waals surface area contributed by atoms with Crippen LogP contribution in [0.1, 0.15) is 30.5 Å². The second kappa shape index (κ2) is 9.92. The molecule has 1 amide bonds. The molecule has 166 valence electrons. The summed E-state index contributed by atoms with van der Waals surface area (Å²) in [5, 5.41) is 6.05. The molecule has 8 heteroatoms. The van der Waals surface area contributed by atoms with Crippen molar-refractivity contribution in [1.29, 1.82) is 0 Å². The first kappa shape index (κ1) is 22.7. The Morgan fingerprint density at radius 2 is 1.87 bits per heavy atom. The highest BCUT2D eigenvalue weighted by molar-refractivity contribution is 6.18. The van der Waals surface area contributed by atoms with Crippen LogP contribution in [0.2, 0.25) is 0 Å². The van der Waals surface area contributed by atoms with Crippen molar-refractivity contribution in [3.8, 4) is 28.4 Å². The summed E-state index contributed by atoms with van der Waals surface area (Å²) in [7, 11) is 4.70. The van der Waals surface area contributed by atoms with Crippen molar-refractivity contribution in [2.24, 2.45) is 0 Å². The Bertz CT molecular complexity index is 1040. The topological polar surface area (TPSA) is 85.9 Å². The molecule has 0 fully saturated rings. The highest BCUT2D eigenvalue weighted by Gasteiger charge is 2.29. The number of carbonyl (C=O) groups excluding carboxylic acids is 1. The summed E-state index contributed by atoms with van der Waals surface area (Å²) in [6.07, 6.45) is 1.27. The number of amides is 1. The molecular formula is C23H27ClN2O5. The molecule has 7 nitrogen and oxygen atoms in total. The summed E-state index contributed by atoms with van der Waals surface area (Å²) in [5.74, 6) is 1.77. The van der Waals surface area contributed by atoms with E-state index in [0.717, 1.165) is 22.3 Å². The van der Waals surface area contributed by atoms with Crippen LogP contribution in [0.3, 0.4) is 0 Å². The summed E-state index contributed by atoms with van der Waals surface area (Å²) in [6, 6.07) is 6.79. The third-order valence-corrected chi connectivity index (χ3v) is 5.51. The summed E-state index contributed by atoms with van der Waals surface area (Å²) in [6.45, 7) is 1.93. The van der Waals surface area contributed by atoms with Crippen molar-refractivity contribution in [2.45, 2.75) is 25.8 Å². The molecule has 2 aromatic rings.